The Morgan fingerprint density at radius 1 is 0.852 bits per heavy atom. The molecule has 0 radical (unpaired) electrons. The third-order valence-corrected chi connectivity index (χ3v) is 17.5. The zero-order valence-electron chi connectivity index (χ0n) is 35.0. The molecule has 2 heterocycles. The van der Waals surface area contributed by atoms with Crippen LogP contribution in [-0.4, -0.2) is 48.0 Å². The Morgan fingerprint density at radius 3 is 2.26 bits per heavy atom. The van der Waals surface area contributed by atoms with Gasteiger partial charge in [-0.3, -0.25) is 0 Å². The lowest BCUT2D eigenvalue weighted by atomic mass is 9.32. The quantitative estimate of drug-likeness (QED) is 0.136. The summed E-state index contributed by atoms with van der Waals surface area (Å²) < 4.78 is 17.2. The van der Waals surface area contributed by atoms with Gasteiger partial charge in [-0.2, -0.15) is 4.57 Å². The molecular formula is C48H72N2O4+2. The van der Waals surface area contributed by atoms with Crippen molar-refractivity contribution in [3.05, 3.63) is 54.9 Å². The first-order chi connectivity index (χ1) is 25.7. The molecule has 5 aliphatic carbocycles. The molecule has 5 saturated carbocycles. The zero-order valence-corrected chi connectivity index (χ0v) is 35.0. The summed E-state index contributed by atoms with van der Waals surface area (Å²) in [7, 11) is 0. The summed E-state index contributed by atoms with van der Waals surface area (Å²) in [4.78, 5) is 27.5. The summed E-state index contributed by atoms with van der Waals surface area (Å²) in [6, 6.07) is 5.46. The van der Waals surface area contributed by atoms with Gasteiger partial charge in [0.2, 0.25) is 6.04 Å². The van der Waals surface area contributed by atoms with Gasteiger partial charge in [-0.15, -0.1) is 0 Å². The van der Waals surface area contributed by atoms with E-state index in [9.17, 15) is 9.59 Å². The first kappa shape index (κ1) is 39.5. The fourth-order valence-corrected chi connectivity index (χ4v) is 14.8. The average Bonchev–Trinajstić information content (AvgIpc) is 3.60. The van der Waals surface area contributed by atoms with Gasteiger partial charge in [-0.1, -0.05) is 72.8 Å². The van der Waals surface area contributed by atoms with Gasteiger partial charge >= 0.3 is 11.9 Å². The molecule has 5 fully saturated rings. The van der Waals surface area contributed by atoms with Crippen molar-refractivity contribution in [1.82, 2.24) is 0 Å². The second-order valence-corrected chi connectivity index (χ2v) is 20.1. The molecule has 6 aliphatic rings. The van der Waals surface area contributed by atoms with Crippen LogP contribution in [-0.2, 0) is 19.1 Å². The van der Waals surface area contributed by atoms with Crippen LogP contribution in [0.25, 0.3) is 0 Å². The maximum Gasteiger partial charge on any atom is 0.376 e. The average molecular weight is 741 g/mol. The van der Waals surface area contributed by atoms with Crippen molar-refractivity contribution in [1.29, 1.82) is 0 Å². The van der Waals surface area contributed by atoms with Crippen LogP contribution in [0.1, 0.15) is 138 Å². The summed E-state index contributed by atoms with van der Waals surface area (Å²) in [6.07, 6.45) is 23.3. The van der Waals surface area contributed by atoms with Gasteiger partial charge in [-0.05, 0) is 128 Å². The fraction of sp³-hybridized carbons (Fsp3) is 0.750. The minimum atomic E-state index is -0.297. The molecule has 6 nitrogen and oxygen atoms in total. The summed E-state index contributed by atoms with van der Waals surface area (Å²) >= 11 is 0. The number of ether oxygens (including phenoxy) is 2. The van der Waals surface area contributed by atoms with E-state index in [1.54, 1.807) is 0 Å². The van der Waals surface area contributed by atoms with Crippen molar-refractivity contribution in [3.8, 4) is 0 Å². The Hall–Kier alpha value is -2.76. The van der Waals surface area contributed by atoms with Crippen LogP contribution in [0.5, 0.6) is 0 Å². The number of pyridine rings is 1. The van der Waals surface area contributed by atoms with Crippen LogP contribution >= 0.6 is 0 Å². The standard InChI is InChI=1S/C48H72N2O4/c1-10-37(49-26-14-12-15-27-49)43(51)53-31-33-30-48(9)36(42-34(32(3)4)18-19-35(33)42)20-21-40-46(7)24-23-41(45(5,6)39(46)22-25-47(40,48)8)54-44(52)38(11-2)50-28-16-13-17-29-50/h12-14,16-17,26,28-29,33-42H,3,10-11,15,18-25,27,30-31H2,1-2,4-9H3/q+2/t33-,34+,35?,36?,37?,38?,39?,40?,41+,42?,46+,47-,48-/m1/s1. The lowest BCUT2D eigenvalue weighted by molar-refractivity contribution is -0.711. The Balaban J connectivity index is 1.13. The monoisotopic (exact) mass is 741 g/mol. The van der Waals surface area contributed by atoms with E-state index in [2.05, 4.69) is 84.9 Å². The van der Waals surface area contributed by atoms with Crippen molar-refractivity contribution in [2.75, 3.05) is 13.2 Å². The molecule has 1 aromatic heterocycles. The van der Waals surface area contributed by atoms with Crippen molar-refractivity contribution in [3.63, 3.8) is 0 Å². The van der Waals surface area contributed by atoms with Crippen LogP contribution < -0.4 is 4.57 Å². The number of nitrogens with zero attached hydrogens (tertiary/aromatic N) is 2. The van der Waals surface area contributed by atoms with Crippen LogP contribution in [0.2, 0.25) is 0 Å². The number of aromatic nitrogens is 1. The number of hydrogen-bond acceptors (Lipinski definition) is 4. The van der Waals surface area contributed by atoms with E-state index >= 15 is 0 Å². The maximum absolute atomic E-state index is 13.8. The van der Waals surface area contributed by atoms with Crippen molar-refractivity contribution >= 4 is 18.2 Å². The van der Waals surface area contributed by atoms with E-state index in [0.717, 1.165) is 38.6 Å². The van der Waals surface area contributed by atoms with Gasteiger partial charge in [0.1, 0.15) is 12.6 Å². The molecule has 0 N–H and O–H groups in total. The molecule has 1 aliphatic heterocycles. The second-order valence-electron chi connectivity index (χ2n) is 20.1. The number of carbonyl (C=O) groups excluding carboxylic acids is 2. The molecule has 0 amide bonds. The highest BCUT2D eigenvalue weighted by Gasteiger charge is 2.70. The normalized spacial score (nSPS) is 40.5. The minimum Gasteiger partial charge on any atom is -0.460 e. The topological polar surface area (TPSA) is 59.5 Å². The fourth-order valence-electron chi connectivity index (χ4n) is 14.8. The van der Waals surface area contributed by atoms with Crippen LogP contribution in [0.4, 0.5) is 0 Å². The molecule has 6 heteroatoms. The van der Waals surface area contributed by atoms with Crippen LogP contribution in [0, 0.1) is 63.1 Å². The van der Waals surface area contributed by atoms with E-state index in [1.165, 1.54) is 44.1 Å². The molecule has 7 unspecified atom stereocenters. The third kappa shape index (κ3) is 6.36. The number of carbonyl (C=O) groups is 2. The van der Waals surface area contributed by atoms with E-state index in [1.807, 2.05) is 35.2 Å². The number of rotatable bonds is 10. The number of allylic oxidation sites excluding steroid dienone is 2. The highest BCUT2D eigenvalue weighted by atomic mass is 16.5. The Morgan fingerprint density at radius 2 is 1.59 bits per heavy atom. The van der Waals surface area contributed by atoms with Gasteiger partial charge in [0.15, 0.2) is 18.6 Å². The Kier molecular flexibility index (Phi) is 10.9. The first-order valence-electron chi connectivity index (χ1n) is 21.9. The molecule has 0 saturated heterocycles. The second kappa shape index (κ2) is 15.0. The van der Waals surface area contributed by atoms with Gasteiger partial charge < -0.3 is 9.47 Å². The van der Waals surface area contributed by atoms with Gasteiger partial charge in [0.25, 0.3) is 6.04 Å². The summed E-state index contributed by atoms with van der Waals surface area (Å²) in [5.74, 6) is 3.81. The van der Waals surface area contributed by atoms with E-state index < -0.39 is 0 Å². The summed E-state index contributed by atoms with van der Waals surface area (Å²) in [5.41, 5.74) is 1.78. The molecule has 0 spiro atoms. The van der Waals surface area contributed by atoms with E-state index in [-0.39, 0.29) is 51.8 Å². The number of fused-ring (bicyclic) bond motifs is 7. The molecule has 7 rings (SSSR count). The molecular weight excluding hydrogens is 669 g/mol. The Labute approximate surface area is 327 Å². The first-order valence-corrected chi connectivity index (χ1v) is 21.9. The zero-order chi connectivity index (χ0) is 38.6. The smallest absolute Gasteiger partial charge is 0.376 e. The third-order valence-electron chi connectivity index (χ3n) is 17.5. The number of esters is 2. The highest BCUT2D eigenvalue weighted by Crippen LogP contribution is 2.76. The maximum atomic E-state index is 13.8. The predicted octanol–water partition coefficient (Wildman–Crippen LogP) is 9.72. The van der Waals surface area contributed by atoms with Crippen molar-refractivity contribution in [2.24, 2.45) is 63.1 Å². The lowest BCUT2D eigenvalue weighted by Gasteiger charge is -2.72. The molecule has 0 bridgehead atoms. The van der Waals surface area contributed by atoms with Crippen molar-refractivity contribution < 1.29 is 28.2 Å². The molecule has 1 aromatic rings. The van der Waals surface area contributed by atoms with Gasteiger partial charge in [0, 0.05) is 36.8 Å². The largest absolute Gasteiger partial charge is 0.460 e. The van der Waals surface area contributed by atoms with E-state index in [0.29, 0.717) is 54.5 Å². The lowest BCUT2D eigenvalue weighted by Crippen LogP contribution is -2.67. The summed E-state index contributed by atoms with van der Waals surface area (Å²) in [6.45, 7) is 25.3. The van der Waals surface area contributed by atoms with Gasteiger partial charge in [-0.25, -0.2) is 14.2 Å². The molecule has 296 valence electrons. The number of hydrogen-bond donors (Lipinski definition) is 0. The van der Waals surface area contributed by atoms with Crippen molar-refractivity contribution in [2.45, 2.75) is 151 Å². The minimum absolute atomic E-state index is 0.0459. The SMILES string of the molecule is C=C(C)[C@@H]1CCC2C1C1CCC3[C@@]4(C)CC[C@H](OC(=O)C(CC)[n+]5ccccc5)C(C)(C)C4CC[C@@]3(C)[C@]1(C)C[C@@H]2COC(=O)C(CC)[N+]1=CC=CCC1. The van der Waals surface area contributed by atoms with Gasteiger partial charge in [0.05, 0.1) is 6.61 Å². The summed E-state index contributed by atoms with van der Waals surface area (Å²) in [5, 5.41) is 0. The molecule has 13 atom stereocenters. The molecule has 0 aromatic carbocycles. The van der Waals surface area contributed by atoms with Crippen LogP contribution in [0.15, 0.2) is 54.9 Å². The Bertz CT molecular complexity index is 1630. The van der Waals surface area contributed by atoms with E-state index in [4.69, 9.17) is 9.47 Å². The van der Waals surface area contributed by atoms with Crippen LogP contribution in [0.3, 0.4) is 0 Å². The highest BCUT2D eigenvalue weighted by molar-refractivity contribution is 5.76. The molecule has 54 heavy (non-hydrogen) atoms. The predicted molar refractivity (Wildman–Crippen MR) is 215 cm³/mol.